The van der Waals surface area contributed by atoms with Gasteiger partial charge in [-0.1, -0.05) is 335 Å². The third-order valence-corrected chi connectivity index (χ3v) is 26.9. The van der Waals surface area contributed by atoms with Crippen molar-refractivity contribution in [3.63, 3.8) is 0 Å². The molecule has 0 unspecified atom stereocenters. The summed E-state index contributed by atoms with van der Waals surface area (Å²) < 4.78 is 67.5. The minimum Gasteiger partial charge on any atom is -0.230 e. The van der Waals surface area contributed by atoms with E-state index in [-0.39, 0.29) is 32.5 Å². The number of pyridine rings is 1. The lowest BCUT2D eigenvalue weighted by atomic mass is 9.60. The normalized spacial score (nSPS) is 14.1. The molecule has 1 aliphatic rings. The van der Waals surface area contributed by atoms with Gasteiger partial charge in [0.1, 0.15) is 34.0 Å². The molecule has 0 atom stereocenters. The fraction of sp³-hybridized carbons (Fsp3) is 0.276. The zero-order valence-electron chi connectivity index (χ0n) is 83.3. The molecule has 8 nitrogen and oxygen atoms in total. The van der Waals surface area contributed by atoms with Crippen LogP contribution in [0.2, 0.25) is 0 Å². The second kappa shape index (κ2) is 32.0. The molecule has 0 saturated carbocycles. The number of hydrogen-bond acceptors (Lipinski definition) is 0. The number of hydrogen-bond donors (Lipinski definition) is 0. The van der Waals surface area contributed by atoms with E-state index in [4.69, 9.17) is 8.22 Å². The van der Waals surface area contributed by atoms with Crippen LogP contribution in [0.15, 0.2) is 291 Å². The number of fused-ring (bicyclic) bond motifs is 6. The summed E-state index contributed by atoms with van der Waals surface area (Å²) in [6, 6.07) is 103. The van der Waals surface area contributed by atoms with Gasteiger partial charge in [0.2, 0.25) is 0 Å². The van der Waals surface area contributed by atoms with E-state index in [0.717, 1.165) is 44.0 Å². The molecule has 0 aliphatic carbocycles. The monoisotopic (exact) mass is 1640 g/mol. The highest BCUT2D eigenvalue weighted by molar-refractivity contribution is 6.15. The molecule has 0 saturated heterocycles. The number of aryl methyl sites for hydroxylation is 4. The zero-order valence-corrected chi connectivity index (χ0v) is 77.3. The van der Waals surface area contributed by atoms with Gasteiger partial charge in [-0.3, -0.25) is 0 Å². The van der Waals surface area contributed by atoms with Crippen molar-refractivity contribution in [2.75, 3.05) is 0 Å². The molecule has 5 aromatic heterocycles. The Morgan fingerprint density at radius 3 is 1.27 bits per heavy atom. The summed E-state index contributed by atoms with van der Waals surface area (Å²) in [5.74, 6) is 3.08. The number of imidazole rings is 4. The largest absolute Gasteiger partial charge is 0.295 e. The molecule has 19 rings (SSSR count). The van der Waals surface area contributed by atoms with Crippen molar-refractivity contribution in [3.05, 3.63) is 370 Å². The van der Waals surface area contributed by atoms with E-state index >= 15 is 0 Å². The fourth-order valence-corrected chi connectivity index (χ4v) is 20.4. The first-order valence-corrected chi connectivity index (χ1v) is 44.0. The quantitative estimate of drug-likeness (QED) is 0.107. The van der Waals surface area contributed by atoms with Gasteiger partial charge >= 0.3 is 0 Å². The van der Waals surface area contributed by atoms with Crippen molar-refractivity contribution in [1.29, 1.82) is 0 Å². The predicted octanol–water partition coefficient (Wildman–Crippen LogP) is 27.6. The Morgan fingerprint density at radius 1 is 0.339 bits per heavy atom. The summed E-state index contributed by atoms with van der Waals surface area (Å²) >= 11 is 0. The molecule has 124 heavy (non-hydrogen) atoms. The summed E-state index contributed by atoms with van der Waals surface area (Å²) in [5, 5.41) is 3.02. The van der Waals surface area contributed by atoms with Crippen LogP contribution >= 0.6 is 0 Å². The molecule has 0 spiro atoms. The van der Waals surface area contributed by atoms with Gasteiger partial charge in [0, 0.05) is 68.7 Å². The highest BCUT2D eigenvalue weighted by Gasteiger charge is 2.53. The first-order valence-electron chi connectivity index (χ1n) is 47.0. The predicted molar refractivity (Wildman–Crippen MR) is 523 cm³/mol. The van der Waals surface area contributed by atoms with E-state index in [9.17, 15) is 0 Å². The summed E-state index contributed by atoms with van der Waals surface area (Å²) in [5.41, 5.74) is 34.6. The summed E-state index contributed by atoms with van der Waals surface area (Å²) in [7, 11) is 2.18. The molecule has 0 fully saturated rings. The van der Waals surface area contributed by atoms with E-state index in [0.29, 0.717) is 11.4 Å². The second-order valence-electron chi connectivity index (χ2n) is 39.3. The van der Waals surface area contributed by atoms with Crippen molar-refractivity contribution >= 4 is 60.4 Å². The van der Waals surface area contributed by atoms with Crippen LogP contribution in [0.5, 0.6) is 0 Å². The van der Waals surface area contributed by atoms with Gasteiger partial charge in [-0.15, -0.1) is 0 Å². The smallest absolute Gasteiger partial charge is 0.230 e. The summed E-state index contributed by atoms with van der Waals surface area (Å²) in [4.78, 5) is 0. The van der Waals surface area contributed by atoms with E-state index in [1.165, 1.54) is 150 Å². The minimum atomic E-state index is -2.23. The second-order valence-corrected chi connectivity index (χ2v) is 39.3. The molecule has 0 bridgehead atoms. The lowest BCUT2D eigenvalue weighted by Crippen LogP contribution is -2.44. The maximum Gasteiger partial charge on any atom is 0.295 e. The van der Waals surface area contributed by atoms with Gasteiger partial charge in [-0.2, -0.15) is 27.2 Å². The third-order valence-electron chi connectivity index (χ3n) is 26.9. The van der Waals surface area contributed by atoms with Crippen LogP contribution < -0.4 is 18.3 Å². The van der Waals surface area contributed by atoms with Crippen molar-refractivity contribution in [2.24, 2.45) is 14.0 Å². The highest BCUT2D eigenvalue weighted by atomic mass is 15.2. The van der Waals surface area contributed by atoms with Crippen LogP contribution in [0.25, 0.3) is 122 Å². The van der Waals surface area contributed by atoms with E-state index in [2.05, 4.69) is 452 Å². The fourth-order valence-electron chi connectivity index (χ4n) is 20.4. The Kier molecular flexibility index (Phi) is 20.0. The minimum absolute atomic E-state index is 0.0248. The average molecular weight is 1640 g/mol. The van der Waals surface area contributed by atoms with Crippen LogP contribution in [-0.2, 0) is 46.5 Å². The Morgan fingerprint density at radius 2 is 0.758 bits per heavy atom. The average Bonchev–Trinajstić information content (AvgIpc) is 1.49. The molecule has 13 aromatic carbocycles. The van der Waals surface area contributed by atoms with E-state index in [1.54, 1.807) is 0 Å². The van der Waals surface area contributed by atoms with Gasteiger partial charge < -0.3 is 0 Å². The van der Waals surface area contributed by atoms with E-state index in [1.807, 2.05) is 37.3 Å². The van der Waals surface area contributed by atoms with Crippen LogP contribution in [0.3, 0.4) is 0 Å². The first kappa shape index (κ1) is 77.5. The molecule has 0 amide bonds. The Balaban J connectivity index is 0.000000129. The van der Waals surface area contributed by atoms with Gasteiger partial charge in [0.15, 0.2) is 44.5 Å². The molecular weight excluding hydrogens is 1510 g/mol. The number of nitrogens with zero attached hydrogens (tertiary/aromatic N) is 8. The van der Waals surface area contributed by atoms with Crippen molar-refractivity contribution in [3.8, 4) is 61.9 Å². The molecule has 0 radical (unpaired) electrons. The highest BCUT2D eigenvalue weighted by Crippen LogP contribution is 2.55. The van der Waals surface area contributed by atoms with Crippen LogP contribution in [0.4, 0.5) is 0 Å². The Labute approximate surface area is 745 Å². The van der Waals surface area contributed by atoms with Crippen molar-refractivity contribution < 1.29 is 26.5 Å². The van der Waals surface area contributed by atoms with Crippen molar-refractivity contribution in [2.45, 2.75) is 199 Å². The molecule has 18 aromatic rings. The lowest BCUT2D eigenvalue weighted by molar-refractivity contribution is -0.652. The van der Waals surface area contributed by atoms with Gasteiger partial charge in [0.05, 0.1) is 23.5 Å². The maximum absolute atomic E-state index is 8.55. The maximum atomic E-state index is 8.55. The molecule has 8 heteroatoms. The first-order chi connectivity index (χ1) is 61.3. The number of rotatable bonds is 8. The number of para-hydroxylation sites is 8. The number of aromatic nitrogens is 8. The molecule has 0 N–H and O–H groups in total. The third kappa shape index (κ3) is 14.4. The molecule has 6 heterocycles. The van der Waals surface area contributed by atoms with Gasteiger partial charge in [-0.05, 0) is 184 Å². The van der Waals surface area contributed by atoms with Crippen LogP contribution in [0, 0.1) is 55.3 Å². The summed E-state index contributed by atoms with van der Waals surface area (Å²) in [6.07, 6.45) is 0. The zero-order chi connectivity index (χ0) is 93.3. The molecular formula is C116H126N8+4. The Hall–Kier alpha value is -12.5. The Bertz CT molecular complexity index is 7350. The van der Waals surface area contributed by atoms with Gasteiger partial charge in [-0.25, -0.2) is 9.13 Å². The van der Waals surface area contributed by atoms with Crippen molar-refractivity contribution in [1.82, 2.24) is 18.1 Å². The van der Waals surface area contributed by atoms with Gasteiger partial charge in [0.25, 0.3) is 23.1 Å². The lowest BCUT2D eigenvalue weighted by Gasteiger charge is -2.43. The van der Waals surface area contributed by atoms with Crippen LogP contribution in [-0.4, -0.2) is 18.1 Å². The standard InChI is InChI=1S/C37H35N2.C34H39N2.C25H27N2.C20H25N2/c1-26-32(37(3,4)5)22-15-25-33(26)38-27(2)39(35-24-13-12-23-34(35)38)36-30(28-16-8-6-9-17-28)20-14-21-31(36)29-18-10-7-11-19-29;1-20-16-18-25-29-26(20)23-17-19-24(32(3,4)5)21(2)27(23)31-35(10)28(22-14-12-11-13-15-22)30(36(29)31)34(8,9)33(25,6)7;1-18-21(25(3,4)5)14-11-17-22(18)27-19(2)26(20-12-7-6-8-13-20)23-15-9-10-16-24(23)27;1-14-16(20(3,4)5)10-9-13-17(14)22-15(2)21(6)18-11-7-8-12-19(18)22/h6-25H,1-5H3;11-19H,1-10H3;6-17H,1-5H3;7-13H,1-6H3/q4*+1/i;1D3;;6D3. The number of benzene rings is 13. The van der Waals surface area contributed by atoms with Crippen LogP contribution in [0.1, 0.15) is 198 Å². The molecule has 1 aliphatic heterocycles. The van der Waals surface area contributed by atoms with E-state index < -0.39 is 13.8 Å². The SMILES string of the molecule is Cc1c(-[n+]2c(C)n(-c3ccccc3)c3ccccc32)cccc1C(C)(C)C.Cc1c(-n2c(C)[n+](-c3c(-c4ccccc4)cccc3-c3ccccc3)c3ccccc32)cccc1C(C)(C)C.[2H]C([2H])([2H])[n+]1c(C)n(-c2cccc(C(C)(C)C)c2C)c2ccccc21.[2H]C([2H])([2H])c1ccc2c3c1c1ccc(C(C)(C)C)c(C)c1c1n3c(c(-c3ccccc3)[n+]1C)C(C)(C)C2(C)C. The topological polar surface area (TPSA) is 34.7 Å². The molecule has 626 valence electrons. The summed E-state index contributed by atoms with van der Waals surface area (Å²) in [6.45, 7) is 47.1.